The Labute approximate surface area is 109 Å². The van der Waals surface area contributed by atoms with Gasteiger partial charge in [-0.2, -0.15) is 0 Å². The van der Waals surface area contributed by atoms with Crippen LogP contribution in [-0.2, 0) is 12.2 Å². The summed E-state index contributed by atoms with van der Waals surface area (Å²) in [5.41, 5.74) is 0. The molecule has 0 fully saturated rings. The summed E-state index contributed by atoms with van der Waals surface area (Å²) in [6, 6.07) is 7.93. The van der Waals surface area contributed by atoms with Crippen LogP contribution in [0.3, 0.4) is 0 Å². The fraction of sp³-hybridized carbons (Fsp3) is 0.250. The van der Waals surface area contributed by atoms with Crippen molar-refractivity contribution in [2.45, 2.75) is 24.0 Å². The van der Waals surface area contributed by atoms with E-state index in [9.17, 15) is 0 Å². The molecule has 84 valence electrons. The maximum Gasteiger partial charge on any atom is 0.103 e. The van der Waals surface area contributed by atoms with Crippen LogP contribution in [0.2, 0.25) is 5.02 Å². The van der Waals surface area contributed by atoms with Crippen LogP contribution >= 0.6 is 34.7 Å². The Kier molecular flexibility index (Phi) is 4.27. The first kappa shape index (κ1) is 12.0. The maximum absolute atomic E-state index is 5.93. The highest BCUT2D eigenvalue weighted by atomic mass is 35.5. The molecule has 0 unspecified atom stereocenters. The zero-order valence-electron chi connectivity index (χ0n) is 8.94. The van der Waals surface area contributed by atoms with Crippen molar-refractivity contribution >= 4 is 34.7 Å². The average molecular weight is 270 g/mol. The molecule has 0 spiro atoms. The fourth-order valence-corrected chi connectivity index (χ4v) is 3.36. The van der Waals surface area contributed by atoms with Crippen LogP contribution in [0.4, 0.5) is 0 Å². The van der Waals surface area contributed by atoms with E-state index in [0.717, 1.165) is 17.2 Å². The third kappa shape index (κ3) is 3.24. The van der Waals surface area contributed by atoms with Gasteiger partial charge in [0.25, 0.3) is 0 Å². The number of halogens is 1. The van der Waals surface area contributed by atoms with Gasteiger partial charge < -0.3 is 0 Å². The van der Waals surface area contributed by atoms with E-state index in [1.807, 2.05) is 24.4 Å². The molecule has 0 amide bonds. The van der Waals surface area contributed by atoms with Crippen LogP contribution in [0.15, 0.2) is 35.4 Å². The van der Waals surface area contributed by atoms with Crippen molar-refractivity contribution < 1.29 is 0 Å². The number of thioether (sulfide) groups is 1. The number of rotatable bonds is 4. The second kappa shape index (κ2) is 5.71. The van der Waals surface area contributed by atoms with Crippen molar-refractivity contribution in [2.24, 2.45) is 0 Å². The highest BCUT2D eigenvalue weighted by Crippen LogP contribution is 2.26. The lowest BCUT2D eigenvalue weighted by atomic mass is 10.4. The van der Waals surface area contributed by atoms with Gasteiger partial charge in [0, 0.05) is 21.0 Å². The summed E-state index contributed by atoms with van der Waals surface area (Å²) in [7, 11) is 0. The van der Waals surface area contributed by atoms with Gasteiger partial charge in [-0.15, -0.1) is 23.1 Å². The maximum atomic E-state index is 5.93. The molecule has 0 aliphatic heterocycles. The molecule has 0 bridgehead atoms. The van der Waals surface area contributed by atoms with Gasteiger partial charge in [0.15, 0.2) is 0 Å². The zero-order valence-corrected chi connectivity index (χ0v) is 11.3. The van der Waals surface area contributed by atoms with E-state index in [1.165, 1.54) is 14.8 Å². The lowest BCUT2D eigenvalue weighted by Gasteiger charge is -1.99. The van der Waals surface area contributed by atoms with Gasteiger partial charge in [-0.05, 0) is 24.6 Å². The molecule has 0 atom stereocenters. The number of aryl methyl sites for hydroxylation is 1. The van der Waals surface area contributed by atoms with E-state index in [1.54, 1.807) is 23.1 Å². The Balaban J connectivity index is 1.96. The molecule has 0 saturated carbocycles. The lowest BCUT2D eigenvalue weighted by Crippen LogP contribution is -1.77. The molecule has 0 radical (unpaired) electrons. The molecule has 1 nitrogen and oxygen atoms in total. The standard InChI is InChI=1S/C12H12ClNS2/c1-2-10-7-14-12(16-10)8-15-11-5-3-4-9(13)6-11/h3-7H,2,8H2,1H3. The van der Waals surface area contributed by atoms with E-state index in [-0.39, 0.29) is 0 Å². The zero-order chi connectivity index (χ0) is 11.4. The van der Waals surface area contributed by atoms with Gasteiger partial charge in [-0.25, -0.2) is 4.98 Å². The average Bonchev–Trinajstić information content (AvgIpc) is 2.74. The van der Waals surface area contributed by atoms with Crippen molar-refractivity contribution in [3.8, 4) is 0 Å². The Hall–Kier alpha value is -0.510. The normalized spacial score (nSPS) is 10.6. The SMILES string of the molecule is CCc1cnc(CSc2cccc(Cl)c2)s1. The van der Waals surface area contributed by atoms with Crippen molar-refractivity contribution in [1.29, 1.82) is 0 Å². The summed E-state index contributed by atoms with van der Waals surface area (Å²) in [6.45, 7) is 2.15. The van der Waals surface area contributed by atoms with Crippen molar-refractivity contribution in [1.82, 2.24) is 4.98 Å². The Morgan fingerprint density at radius 1 is 1.44 bits per heavy atom. The topological polar surface area (TPSA) is 12.9 Å². The van der Waals surface area contributed by atoms with Gasteiger partial charge in [0.1, 0.15) is 5.01 Å². The molecule has 2 aromatic rings. The molecule has 2 rings (SSSR count). The number of nitrogens with zero attached hydrogens (tertiary/aromatic N) is 1. The molecule has 0 aliphatic rings. The van der Waals surface area contributed by atoms with Gasteiger partial charge in [0.05, 0.1) is 5.75 Å². The van der Waals surface area contributed by atoms with E-state index in [2.05, 4.69) is 18.0 Å². The molecule has 1 aromatic heterocycles. The van der Waals surface area contributed by atoms with Crippen LogP contribution < -0.4 is 0 Å². The van der Waals surface area contributed by atoms with Gasteiger partial charge >= 0.3 is 0 Å². The molecule has 0 aliphatic carbocycles. The number of aromatic nitrogens is 1. The summed E-state index contributed by atoms with van der Waals surface area (Å²) in [5, 5.41) is 1.97. The highest BCUT2D eigenvalue weighted by molar-refractivity contribution is 7.98. The van der Waals surface area contributed by atoms with E-state index in [0.29, 0.717) is 0 Å². The monoisotopic (exact) mass is 269 g/mol. The molecule has 16 heavy (non-hydrogen) atoms. The minimum absolute atomic E-state index is 0.790. The second-order valence-electron chi connectivity index (χ2n) is 3.32. The van der Waals surface area contributed by atoms with Crippen LogP contribution in [0.5, 0.6) is 0 Å². The van der Waals surface area contributed by atoms with Crippen LogP contribution in [0.25, 0.3) is 0 Å². The predicted octanol–water partition coefficient (Wildman–Crippen LogP) is 4.65. The van der Waals surface area contributed by atoms with Gasteiger partial charge in [-0.3, -0.25) is 0 Å². The third-order valence-electron chi connectivity index (χ3n) is 2.11. The Morgan fingerprint density at radius 2 is 2.31 bits per heavy atom. The summed E-state index contributed by atoms with van der Waals surface area (Å²) in [5.74, 6) is 0.922. The van der Waals surface area contributed by atoms with Gasteiger partial charge in [-0.1, -0.05) is 24.6 Å². The van der Waals surface area contributed by atoms with Gasteiger partial charge in [0.2, 0.25) is 0 Å². The molecule has 0 saturated heterocycles. The first-order valence-electron chi connectivity index (χ1n) is 5.10. The summed E-state index contributed by atoms with van der Waals surface area (Å²) in [6.07, 6.45) is 3.04. The predicted molar refractivity (Wildman–Crippen MR) is 72.5 cm³/mol. The quantitative estimate of drug-likeness (QED) is 0.750. The van der Waals surface area contributed by atoms with Crippen LogP contribution in [0.1, 0.15) is 16.8 Å². The molecular formula is C12H12ClNS2. The fourth-order valence-electron chi connectivity index (χ4n) is 1.28. The van der Waals surface area contributed by atoms with Crippen molar-refractivity contribution in [3.05, 3.63) is 45.4 Å². The lowest BCUT2D eigenvalue weighted by molar-refractivity contribution is 1.16. The van der Waals surface area contributed by atoms with E-state index in [4.69, 9.17) is 11.6 Å². The van der Waals surface area contributed by atoms with E-state index >= 15 is 0 Å². The number of thiazole rings is 1. The van der Waals surface area contributed by atoms with Crippen molar-refractivity contribution in [3.63, 3.8) is 0 Å². The molecule has 1 heterocycles. The summed E-state index contributed by atoms with van der Waals surface area (Å²) < 4.78 is 0. The second-order valence-corrected chi connectivity index (χ2v) is 6.00. The molecule has 4 heteroatoms. The molecular weight excluding hydrogens is 258 g/mol. The summed E-state index contributed by atoms with van der Waals surface area (Å²) in [4.78, 5) is 6.93. The Morgan fingerprint density at radius 3 is 3.00 bits per heavy atom. The van der Waals surface area contributed by atoms with Crippen LogP contribution in [0, 0.1) is 0 Å². The highest BCUT2D eigenvalue weighted by Gasteiger charge is 2.02. The van der Waals surface area contributed by atoms with Crippen molar-refractivity contribution in [2.75, 3.05) is 0 Å². The smallest absolute Gasteiger partial charge is 0.103 e. The third-order valence-corrected chi connectivity index (χ3v) is 4.67. The largest absolute Gasteiger partial charge is 0.249 e. The number of hydrogen-bond acceptors (Lipinski definition) is 3. The number of hydrogen-bond donors (Lipinski definition) is 0. The van der Waals surface area contributed by atoms with Crippen LogP contribution in [-0.4, -0.2) is 4.98 Å². The first-order chi connectivity index (χ1) is 7.78. The Bertz CT molecular complexity index is 468. The van der Waals surface area contributed by atoms with E-state index < -0.39 is 0 Å². The minimum Gasteiger partial charge on any atom is -0.249 e. The molecule has 1 aromatic carbocycles. The number of benzene rings is 1. The first-order valence-corrected chi connectivity index (χ1v) is 7.28. The minimum atomic E-state index is 0.790. The summed E-state index contributed by atoms with van der Waals surface area (Å²) >= 11 is 9.49. The molecule has 0 N–H and O–H groups in total.